The number of aryl methyl sites for hydroxylation is 1. The molecule has 1 fully saturated rings. The highest BCUT2D eigenvalue weighted by atomic mass is 16.3. The Morgan fingerprint density at radius 3 is 3.05 bits per heavy atom. The molecule has 0 aliphatic carbocycles. The molecule has 2 aromatic rings. The molecule has 0 saturated carbocycles. The molecule has 2 amide bonds. The van der Waals surface area contributed by atoms with Gasteiger partial charge in [-0.2, -0.15) is 0 Å². The zero-order valence-electron chi connectivity index (χ0n) is 12.4. The molecule has 1 aromatic carbocycles. The van der Waals surface area contributed by atoms with Gasteiger partial charge < -0.3 is 14.6 Å². The molecule has 1 aliphatic rings. The number of rotatable bonds is 4. The first kappa shape index (κ1) is 14.6. The molecule has 6 nitrogen and oxygen atoms in total. The fraction of sp³-hybridized carbons (Fsp3) is 0.438. The summed E-state index contributed by atoms with van der Waals surface area (Å²) in [6.45, 7) is 1.64. The molecule has 3 rings (SSSR count). The van der Waals surface area contributed by atoms with E-state index >= 15 is 0 Å². The van der Waals surface area contributed by atoms with Crippen LogP contribution in [0.5, 0.6) is 0 Å². The number of aromatic nitrogens is 1. The maximum absolute atomic E-state index is 12.2. The van der Waals surface area contributed by atoms with Gasteiger partial charge in [-0.05, 0) is 18.6 Å². The Morgan fingerprint density at radius 2 is 2.18 bits per heavy atom. The summed E-state index contributed by atoms with van der Waals surface area (Å²) in [5, 5.41) is 2.77. The SMILES string of the molecule is O=C1CCN(C(=O)CCCc2nc3ccccc3o2)CCN1. The van der Waals surface area contributed by atoms with Crippen LogP contribution < -0.4 is 5.32 Å². The maximum Gasteiger partial charge on any atom is 0.222 e. The van der Waals surface area contributed by atoms with Crippen LogP contribution in [-0.4, -0.2) is 41.3 Å². The van der Waals surface area contributed by atoms with Gasteiger partial charge >= 0.3 is 0 Å². The number of carbonyl (C=O) groups excluding carboxylic acids is 2. The number of para-hydroxylation sites is 2. The van der Waals surface area contributed by atoms with Gasteiger partial charge in [-0.25, -0.2) is 4.98 Å². The van der Waals surface area contributed by atoms with Crippen molar-refractivity contribution in [3.63, 3.8) is 0 Å². The van der Waals surface area contributed by atoms with Crippen LogP contribution in [0, 0.1) is 0 Å². The van der Waals surface area contributed by atoms with E-state index in [2.05, 4.69) is 10.3 Å². The quantitative estimate of drug-likeness (QED) is 0.928. The summed E-state index contributed by atoms with van der Waals surface area (Å²) < 4.78 is 5.64. The third-order valence-electron chi connectivity index (χ3n) is 3.78. The number of hydrogen-bond acceptors (Lipinski definition) is 4. The largest absolute Gasteiger partial charge is 0.441 e. The van der Waals surface area contributed by atoms with E-state index in [0.29, 0.717) is 51.2 Å². The zero-order valence-corrected chi connectivity index (χ0v) is 12.4. The van der Waals surface area contributed by atoms with E-state index in [1.165, 1.54) is 0 Å². The molecule has 0 spiro atoms. The Hall–Kier alpha value is -2.37. The van der Waals surface area contributed by atoms with Crippen LogP contribution in [0.4, 0.5) is 0 Å². The first-order valence-corrected chi connectivity index (χ1v) is 7.61. The first-order valence-electron chi connectivity index (χ1n) is 7.61. The number of hydrogen-bond donors (Lipinski definition) is 1. The average Bonchev–Trinajstić information content (AvgIpc) is 2.80. The standard InChI is InChI=1S/C16H19N3O3/c20-14-8-10-19(11-9-17-14)16(21)7-3-6-15-18-12-4-1-2-5-13(12)22-15/h1-2,4-5H,3,6-11H2,(H,17,20). The highest BCUT2D eigenvalue weighted by Gasteiger charge is 2.18. The summed E-state index contributed by atoms with van der Waals surface area (Å²) >= 11 is 0. The molecule has 1 saturated heterocycles. The van der Waals surface area contributed by atoms with Gasteiger partial charge in [-0.3, -0.25) is 9.59 Å². The van der Waals surface area contributed by atoms with Crippen molar-refractivity contribution >= 4 is 22.9 Å². The number of nitrogens with zero attached hydrogens (tertiary/aromatic N) is 2. The van der Waals surface area contributed by atoms with Crippen LogP contribution in [0.1, 0.15) is 25.2 Å². The second-order valence-corrected chi connectivity index (χ2v) is 5.41. The minimum atomic E-state index is 0.0155. The predicted molar refractivity (Wildman–Crippen MR) is 81.2 cm³/mol. The van der Waals surface area contributed by atoms with Crippen LogP contribution in [0.25, 0.3) is 11.1 Å². The van der Waals surface area contributed by atoms with Gasteiger partial charge in [0.25, 0.3) is 0 Å². The highest BCUT2D eigenvalue weighted by Crippen LogP contribution is 2.16. The Kier molecular flexibility index (Phi) is 4.37. The lowest BCUT2D eigenvalue weighted by Gasteiger charge is -2.19. The van der Waals surface area contributed by atoms with E-state index in [9.17, 15) is 9.59 Å². The molecular weight excluding hydrogens is 282 g/mol. The molecule has 0 unspecified atom stereocenters. The predicted octanol–water partition coefficient (Wildman–Crippen LogP) is 1.50. The van der Waals surface area contributed by atoms with Crippen molar-refractivity contribution in [3.8, 4) is 0 Å². The van der Waals surface area contributed by atoms with Crippen LogP contribution in [0.2, 0.25) is 0 Å². The maximum atomic E-state index is 12.2. The van der Waals surface area contributed by atoms with Crippen LogP contribution in [-0.2, 0) is 16.0 Å². The highest BCUT2D eigenvalue weighted by molar-refractivity contribution is 5.80. The van der Waals surface area contributed by atoms with Crippen molar-refractivity contribution in [2.24, 2.45) is 0 Å². The Bertz CT molecular complexity index is 647. The second kappa shape index (κ2) is 6.60. The molecular formula is C16H19N3O3. The number of nitrogens with one attached hydrogen (secondary N) is 1. The van der Waals surface area contributed by atoms with Crippen molar-refractivity contribution in [3.05, 3.63) is 30.2 Å². The average molecular weight is 301 g/mol. The van der Waals surface area contributed by atoms with E-state index in [4.69, 9.17) is 4.42 Å². The summed E-state index contributed by atoms with van der Waals surface area (Å²) in [5.41, 5.74) is 1.63. The minimum Gasteiger partial charge on any atom is -0.441 e. The lowest BCUT2D eigenvalue weighted by molar-refractivity contribution is -0.131. The summed E-state index contributed by atoms with van der Waals surface area (Å²) in [6, 6.07) is 7.63. The van der Waals surface area contributed by atoms with E-state index in [0.717, 1.165) is 11.1 Å². The zero-order chi connectivity index (χ0) is 15.4. The summed E-state index contributed by atoms with van der Waals surface area (Å²) in [4.78, 5) is 29.6. The molecule has 116 valence electrons. The molecule has 22 heavy (non-hydrogen) atoms. The molecule has 6 heteroatoms. The monoisotopic (exact) mass is 301 g/mol. The van der Waals surface area contributed by atoms with Gasteiger partial charge in [0.1, 0.15) is 5.52 Å². The van der Waals surface area contributed by atoms with Crippen molar-refractivity contribution in [2.45, 2.75) is 25.7 Å². The van der Waals surface area contributed by atoms with Crippen LogP contribution in [0.15, 0.2) is 28.7 Å². The lowest BCUT2D eigenvalue weighted by atomic mass is 10.2. The van der Waals surface area contributed by atoms with E-state index in [1.54, 1.807) is 4.90 Å². The van der Waals surface area contributed by atoms with Gasteiger partial charge in [0.05, 0.1) is 0 Å². The molecule has 0 bridgehead atoms. The molecule has 1 aliphatic heterocycles. The summed E-state index contributed by atoms with van der Waals surface area (Å²) in [6.07, 6.45) is 2.18. The normalized spacial score (nSPS) is 15.6. The fourth-order valence-electron chi connectivity index (χ4n) is 2.59. The molecule has 0 atom stereocenters. The number of benzene rings is 1. The van der Waals surface area contributed by atoms with Crippen molar-refractivity contribution in [1.82, 2.24) is 15.2 Å². The van der Waals surface area contributed by atoms with E-state index < -0.39 is 0 Å². The fourth-order valence-corrected chi connectivity index (χ4v) is 2.59. The van der Waals surface area contributed by atoms with Crippen LogP contribution in [0.3, 0.4) is 0 Å². The third kappa shape index (κ3) is 3.44. The molecule has 2 heterocycles. The van der Waals surface area contributed by atoms with Gasteiger partial charge in [-0.15, -0.1) is 0 Å². The summed E-state index contributed by atoms with van der Waals surface area (Å²) in [7, 11) is 0. The number of carbonyl (C=O) groups is 2. The Morgan fingerprint density at radius 1 is 1.32 bits per heavy atom. The number of fused-ring (bicyclic) bond motifs is 1. The van der Waals surface area contributed by atoms with Gasteiger partial charge in [0, 0.05) is 38.9 Å². The number of amides is 2. The van der Waals surface area contributed by atoms with Gasteiger partial charge in [-0.1, -0.05) is 12.1 Å². The molecule has 1 aromatic heterocycles. The van der Waals surface area contributed by atoms with Crippen molar-refractivity contribution < 1.29 is 14.0 Å². The van der Waals surface area contributed by atoms with E-state index in [-0.39, 0.29) is 11.8 Å². The number of oxazole rings is 1. The Balaban J connectivity index is 1.49. The molecule has 1 N–H and O–H groups in total. The Labute approximate surface area is 128 Å². The topological polar surface area (TPSA) is 75.4 Å². The summed E-state index contributed by atoms with van der Waals surface area (Å²) in [5.74, 6) is 0.774. The van der Waals surface area contributed by atoms with Crippen molar-refractivity contribution in [1.29, 1.82) is 0 Å². The lowest BCUT2D eigenvalue weighted by Crippen LogP contribution is -2.34. The van der Waals surface area contributed by atoms with E-state index in [1.807, 2.05) is 24.3 Å². The third-order valence-corrected chi connectivity index (χ3v) is 3.78. The molecule has 0 radical (unpaired) electrons. The minimum absolute atomic E-state index is 0.0155. The van der Waals surface area contributed by atoms with Crippen LogP contribution >= 0.6 is 0 Å². The smallest absolute Gasteiger partial charge is 0.222 e. The first-order chi connectivity index (χ1) is 10.7. The van der Waals surface area contributed by atoms with Crippen molar-refractivity contribution in [2.75, 3.05) is 19.6 Å². The van der Waals surface area contributed by atoms with Gasteiger partial charge in [0.15, 0.2) is 11.5 Å². The second-order valence-electron chi connectivity index (χ2n) is 5.41. The van der Waals surface area contributed by atoms with Gasteiger partial charge in [0.2, 0.25) is 11.8 Å².